The van der Waals surface area contributed by atoms with Crippen LogP contribution in [0.5, 0.6) is 5.75 Å². The van der Waals surface area contributed by atoms with Gasteiger partial charge >= 0.3 is 0 Å². The Balaban J connectivity index is 2.92. The second-order valence-electron chi connectivity index (χ2n) is 5.98. The van der Waals surface area contributed by atoms with Gasteiger partial charge in [-0.1, -0.05) is 19.8 Å². The van der Waals surface area contributed by atoms with E-state index in [1.54, 1.807) is 25.1 Å². The number of benzene rings is 1. The first kappa shape index (κ1) is 19.0. The van der Waals surface area contributed by atoms with Crippen LogP contribution < -0.4 is 10.1 Å². The van der Waals surface area contributed by atoms with Crippen molar-refractivity contribution in [3.8, 4) is 11.8 Å². The van der Waals surface area contributed by atoms with Crippen LogP contribution >= 0.6 is 0 Å². The van der Waals surface area contributed by atoms with Gasteiger partial charge < -0.3 is 14.8 Å². The van der Waals surface area contributed by atoms with Crippen molar-refractivity contribution in [2.75, 3.05) is 12.4 Å². The smallest absolute Gasteiger partial charge is 0.256 e. The van der Waals surface area contributed by atoms with Gasteiger partial charge in [0.05, 0.1) is 11.7 Å². The monoisotopic (exact) mass is 318 g/mol. The summed E-state index contributed by atoms with van der Waals surface area (Å²) in [6.45, 7) is 7.64. The van der Waals surface area contributed by atoms with Crippen molar-refractivity contribution in [1.29, 1.82) is 5.26 Å². The topological polar surface area (TPSA) is 71.3 Å². The number of nitrogens with zero attached hydrogens (tertiary/aromatic N) is 1. The summed E-state index contributed by atoms with van der Waals surface area (Å²) < 4.78 is 11.0. The number of hydrogen-bond donors (Lipinski definition) is 1. The summed E-state index contributed by atoms with van der Waals surface area (Å²) in [6.07, 6.45) is 2.52. The summed E-state index contributed by atoms with van der Waals surface area (Å²) in [4.78, 5) is 12.5. The minimum absolute atomic E-state index is 0.0200. The molecule has 1 aromatic rings. The van der Waals surface area contributed by atoms with Crippen LogP contribution in [0.1, 0.15) is 52.5 Å². The Labute approximate surface area is 138 Å². The second-order valence-corrected chi connectivity index (χ2v) is 5.98. The van der Waals surface area contributed by atoms with E-state index in [9.17, 15) is 10.1 Å². The van der Waals surface area contributed by atoms with Gasteiger partial charge in [-0.05, 0) is 45.4 Å². The third-order valence-electron chi connectivity index (χ3n) is 3.66. The molecule has 0 aliphatic rings. The highest BCUT2D eigenvalue weighted by Gasteiger charge is 2.32. The van der Waals surface area contributed by atoms with Gasteiger partial charge in [0.2, 0.25) is 0 Å². The number of carbonyl (C=O) groups excluding carboxylic acids is 1. The van der Waals surface area contributed by atoms with Crippen LogP contribution in [-0.4, -0.2) is 24.7 Å². The largest absolute Gasteiger partial charge is 0.490 e. The molecule has 23 heavy (non-hydrogen) atoms. The molecule has 0 aromatic heterocycles. The molecule has 0 saturated carbocycles. The number of rotatable bonds is 8. The zero-order chi connectivity index (χ0) is 17.5. The molecule has 0 fully saturated rings. The average molecular weight is 318 g/mol. The van der Waals surface area contributed by atoms with E-state index in [0.717, 1.165) is 12.8 Å². The van der Waals surface area contributed by atoms with Crippen molar-refractivity contribution in [2.45, 2.75) is 58.7 Å². The molecule has 1 atom stereocenters. The van der Waals surface area contributed by atoms with Crippen LogP contribution in [0.2, 0.25) is 0 Å². The lowest BCUT2D eigenvalue weighted by atomic mass is 9.97. The predicted octanol–water partition coefficient (Wildman–Crippen LogP) is 3.88. The van der Waals surface area contributed by atoms with Gasteiger partial charge in [0.25, 0.3) is 5.91 Å². The van der Waals surface area contributed by atoms with Crippen LogP contribution in [0.3, 0.4) is 0 Å². The number of anilines is 1. The number of nitriles is 1. The summed E-state index contributed by atoms with van der Waals surface area (Å²) in [7, 11) is 1.54. The maximum Gasteiger partial charge on any atom is 0.256 e. The molecule has 0 saturated heterocycles. The van der Waals surface area contributed by atoms with Crippen LogP contribution in [0.15, 0.2) is 18.2 Å². The van der Waals surface area contributed by atoms with Gasteiger partial charge in [-0.25, -0.2) is 0 Å². The molecular formula is C18H26N2O3. The highest BCUT2D eigenvalue weighted by atomic mass is 16.5. The number of methoxy groups -OCH3 is 1. The van der Waals surface area contributed by atoms with E-state index in [-0.39, 0.29) is 12.0 Å². The second kappa shape index (κ2) is 8.54. The lowest BCUT2D eigenvalue weighted by Gasteiger charge is -2.26. The van der Waals surface area contributed by atoms with Crippen molar-refractivity contribution in [1.82, 2.24) is 0 Å². The first-order chi connectivity index (χ1) is 10.9. The van der Waals surface area contributed by atoms with Gasteiger partial charge in [0.1, 0.15) is 17.4 Å². The molecule has 1 rings (SSSR count). The summed E-state index contributed by atoms with van der Waals surface area (Å²) in [5.74, 6) is 0.302. The van der Waals surface area contributed by atoms with Crippen molar-refractivity contribution >= 4 is 11.6 Å². The first-order valence-corrected chi connectivity index (χ1v) is 7.93. The Morgan fingerprint density at radius 1 is 1.43 bits per heavy atom. The first-order valence-electron chi connectivity index (χ1n) is 7.93. The van der Waals surface area contributed by atoms with E-state index < -0.39 is 5.60 Å². The van der Waals surface area contributed by atoms with Gasteiger partial charge in [-0.3, -0.25) is 4.79 Å². The Hall–Kier alpha value is -2.06. The molecule has 0 aliphatic carbocycles. The van der Waals surface area contributed by atoms with Crippen molar-refractivity contribution in [2.24, 2.45) is 0 Å². The molecule has 5 heteroatoms. The minimum Gasteiger partial charge on any atom is -0.490 e. The quantitative estimate of drug-likeness (QED) is 0.789. The fourth-order valence-electron chi connectivity index (χ4n) is 2.14. The van der Waals surface area contributed by atoms with Gasteiger partial charge in [-0.15, -0.1) is 0 Å². The van der Waals surface area contributed by atoms with E-state index in [2.05, 4.69) is 18.3 Å². The number of carbonyl (C=O) groups is 1. The van der Waals surface area contributed by atoms with E-state index in [1.165, 1.54) is 7.11 Å². The highest BCUT2D eigenvalue weighted by molar-refractivity contribution is 5.97. The normalized spacial score (nSPS) is 13.3. The molecule has 0 heterocycles. The van der Waals surface area contributed by atoms with Crippen molar-refractivity contribution < 1.29 is 14.3 Å². The van der Waals surface area contributed by atoms with Crippen LogP contribution in [0.25, 0.3) is 0 Å². The SMILES string of the molecule is CCCC[C@@](C)(OC)C(=O)Nc1ccc(OC(C)C)c(C#N)c1. The van der Waals surface area contributed by atoms with E-state index in [1.807, 2.05) is 13.8 Å². The molecule has 1 aromatic carbocycles. The van der Waals surface area contributed by atoms with Crippen LogP contribution in [0.4, 0.5) is 5.69 Å². The molecule has 5 nitrogen and oxygen atoms in total. The number of unbranched alkanes of at least 4 members (excludes halogenated alkanes) is 1. The molecular weight excluding hydrogens is 292 g/mol. The van der Waals surface area contributed by atoms with E-state index in [4.69, 9.17) is 9.47 Å². The van der Waals surface area contributed by atoms with Gasteiger partial charge in [0, 0.05) is 12.8 Å². The number of nitrogens with one attached hydrogen (secondary N) is 1. The standard InChI is InChI=1S/C18H26N2O3/c1-6-7-10-18(4,22-5)17(21)20-15-8-9-16(23-13(2)3)14(11-15)12-19/h8-9,11,13H,6-7,10H2,1-5H3,(H,20,21)/t18-/m1/s1. The zero-order valence-corrected chi connectivity index (χ0v) is 14.6. The number of ether oxygens (including phenoxy) is 2. The van der Waals surface area contributed by atoms with Crippen molar-refractivity contribution in [3.63, 3.8) is 0 Å². The molecule has 126 valence electrons. The van der Waals surface area contributed by atoms with Gasteiger partial charge in [0.15, 0.2) is 0 Å². The molecule has 1 amide bonds. The number of amides is 1. The summed E-state index contributed by atoms with van der Waals surface area (Å²) >= 11 is 0. The van der Waals surface area contributed by atoms with E-state index in [0.29, 0.717) is 23.4 Å². The van der Waals surface area contributed by atoms with Crippen LogP contribution in [0, 0.1) is 11.3 Å². The Morgan fingerprint density at radius 2 is 2.13 bits per heavy atom. The third-order valence-corrected chi connectivity index (χ3v) is 3.66. The molecule has 0 radical (unpaired) electrons. The maximum absolute atomic E-state index is 12.5. The van der Waals surface area contributed by atoms with Crippen molar-refractivity contribution in [3.05, 3.63) is 23.8 Å². The van der Waals surface area contributed by atoms with Gasteiger partial charge in [-0.2, -0.15) is 5.26 Å². The van der Waals surface area contributed by atoms with Crippen LogP contribution in [-0.2, 0) is 9.53 Å². The fourth-order valence-corrected chi connectivity index (χ4v) is 2.14. The predicted molar refractivity (Wildman–Crippen MR) is 90.5 cm³/mol. The Morgan fingerprint density at radius 3 is 2.65 bits per heavy atom. The van der Waals surface area contributed by atoms with E-state index >= 15 is 0 Å². The summed E-state index contributed by atoms with van der Waals surface area (Å²) in [5.41, 5.74) is 0.0715. The molecule has 1 N–H and O–H groups in total. The summed E-state index contributed by atoms with van der Waals surface area (Å²) in [6, 6.07) is 7.14. The molecule has 0 spiro atoms. The molecule has 0 bridgehead atoms. The molecule has 0 aliphatic heterocycles. The Kier molecular flexibility index (Phi) is 7.05. The summed E-state index contributed by atoms with van der Waals surface area (Å²) in [5, 5.41) is 12.1. The highest BCUT2D eigenvalue weighted by Crippen LogP contribution is 2.25. The lowest BCUT2D eigenvalue weighted by Crippen LogP contribution is -2.41. The maximum atomic E-state index is 12.5. The number of hydrogen-bond acceptors (Lipinski definition) is 4. The Bertz CT molecular complexity index is 578. The third kappa shape index (κ3) is 5.26. The average Bonchev–Trinajstić information content (AvgIpc) is 2.53. The fraction of sp³-hybridized carbons (Fsp3) is 0.556. The zero-order valence-electron chi connectivity index (χ0n) is 14.6. The minimum atomic E-state index is -0.879. The lowest BCUT2D eigenvalue weighted by molar-refractivity contribution is -0.136. The molecule has 0 unspecified atom stereocenters.